The van der Waals surface area contributed by atoms with Crippen molar-refractivity contribution in [2.24, 2.45) is 11.3 Å². The lowest BCUT2D eigenvalue weighted by atomic mass is 9.80. The van der Waals surface area contributed by atoms with Crippen LogP contribution in [0.5, 0.6) is 0 Å². The number of hydrogen-bond acceptors (Lipinski definition) is 3. The minimum absolute atomic E-state index is 0.560. The molecule has 3 heteroatoms. The highest BCUT2D eigenvalue weighted by Gasteiger charge is 2.36. The van der Waals surface area contributed by atoms with E-state index in [1.165, 1.54) is 71.4 Å². The van der Waals surface area contributed by atoms with Gasteiger partial charge in [0.15, 0.2) is 0 Å². The number of rotatable bonds is 3. The molecule has 110 valence electrons. The Hall–Kier alpha value is -0.120. The fourth-order valence-electron chi connectivity index (χ4n) is 3.84. The summed E-state index contributed by atoms with van der Waals surface area (Å²) in [4.78, 5) is 5.26. The summed E-state index contributed by atoms with van der Waals surface area (Å²) in [6.07, 6.45) is 7.02. The zero-order chi connectivity index (χ0) is 13.3. The van der Waals surface area contributed by atoms with E-state index in [-0.39, 0.29) is 0 Å². The van der Waals surface area contributed by atoms with Crippen molar-refractivity contribution in [3.05, 3.63) is 0 Å². The van der Waals surface area contributed by atoms with Crippen LogP contribution in [0.1, 0.15) is 39.0 Å². The van der Waals surface area contributed by atoms with Crippen LogP contribution in [0.25, 0.3) is 0 Å². The van der Waals surface area contributed by atoms with Crippen LogP contribution < -0.4 is 5.32 Å². The molecule has 2 aliphatic heterocycles. The number of likely N-dealkylation sites (tertiary alicyclic amines) is 1. The van der Waals surface area contributed by atoms with Crippen molar-refractivity contribution in [2.45, 2.75) is 45.1 Å². The first-order chi connectivity index (χ1) is 9.15. The summed E-state index contributed by atoms with van der Waals surface area (Å²) in [5, 5.41) is 3.78. The second kappa shape index (κ2) is 5.71. The first kappa shape index (κ1) is 13.8. The molecule has 3 fully saturated rings. The maximum atomic E-state index is 3.78. The lowest BCUT2D eigenvalue weighted by molar-refractivity contribution is 0.0846. The van der Waals surface area contributed by atoms with Crippen molar-refractivity contribution in [1.82, 2.24) is 15.1 Å². The molecule has 2 heterocycles. The third-order valence-electron chi connectivity index (χ3n) is 5.50. The van der Waals surface area contributed by atoms with Gasteiger partial charge in [-0.05, 0) is 76.7 Å². The predicted octanol–water partition coefficient (Wildman–Crippen LogP) is 1.79. The highest BCUT2D eigenvalue weighted by atomic mass is 15.2. The average Bonchev–Trinajstić information content (AvgIpc) is 3.19. The molecule has 0 aromatic rings. The van der Waals surface area contributed by atoms with Gasteiger partial charge in [0.2, 0.25) is 0 Å². The molecule has 0 aromatic carbocycles. The van der Waals surface area contributed by atoms with Crippen molar-refractivity contribution >= 4 is 0 Å². The summed E-state index contributed by atoms with van der Waals surface area (Å²) in [5.41, 5.74) is 0.560. The van der Waals surface area contributed by atoms with E-state index in [1.807, 2.05) is 0 Å². The van der Waals surface area contributed by atoms with E-state index >= 15 is 0 Å². The fraction of sp³-hybridized carbons (Fsp3) is 1.00. The monoisotopic (exact) mass is 265 g/mol. The molecule has 3 rings (SSSR count). The van der Waals surface area contributed by atoms with Crippen LogP contribution in [0.4, 0.5) is 0 Å². The zero-order valence-corrected chi connectivity index (χ0v) is 12.8. The molecule has 0 bridgehead atoms. The van der Waals surface area contributed by atoms with E-state index in [1.54, 1.807) is 0 Å². The Balaban J connectivity index is 1.55. The summed E-state index contributed by atoms with van der Waals surface area (Å²) in [7, 11) is 2.26. The number of piperidine rings is 1. The summed E-state index contributed by atoms with van der Waals surface area (Å²) >= 11 is 0. The second-order valence-corrected chi connectivity index (χ2v) is 7.60. The second-order valence-electron chi connectivity index (χ2n) is 7.60. The summed E-state index contributed by atoms with van der Waals surface area (Å²) in [5.74, 6) is 0.992. The largest absolute Gasteiger partial charge is 0.312 e. The van der Waals surface area contributed by atoms with E-state index in [0.29, 0.717) is 5.41 Å². The molecule has 1 aliphatic carbocycles. The van der Waals surface area contributed by atoms with Crippen molar-refractivity contribution in [3.63, 3.8) is 0 Å². The van der Waals surface area contributed by atoms with Gasteiger partial charge in [0, 0.05) is 19.1 Å². The first-order valence-electron chi connectivity index (χ1n) is 8.29. The van der Waals surface area contributed by atoms with E-state index in [4.69, 9.17) is 0 Å². The number of hydrogen-bond donors (Lipinski definition) is 1. The maximum Gasteiger partial charge on any atom is 0.0223 e. The normalized spacial score (nSPS) is 34.1. The first-order valence-corrected chi connectivity index (χ1v) is 8.29. The Morgan fingerprint density at radius 3 is 2.58 bits per heavy atom. The molecule has 3 aliphatic rings. The summed E-state index contributed by atoms with van der Waals surface area (Å²) in [6, 6.07) is 0.789. The average molecular weight is 265 g/mol. The highest BCUT2D eigenvalue weighted by molar-refractivity contribution is 4.92. The van der Waals surface area contributed by atoms with Crippen molar-refractivity contribution in [1.29, 1.82) is 0 Å². The predicted molar refractivity (Wildman–Crippen MR) is 80.4 cm³/mol. The zero-order valence-electron chi connectivity index (χ0n) is 12.8. The lowest BCUT2D eigenvalue weighted by Crippen LogP contribution is -2.46. The van der Waals surface area contributed by atoms with E-state index in [2.05, 4.69) is 29.1 Å². The minimum Gasteiger partial charge on any atom is -0.312 e. The van der Waals surface area contributed by atoms with Crippen molar-refractivity contribution < 1.29 is 0 Å². The lowest BCUT2D eigenvalue weighted by Gasteiger charge is -2.41. The molecule has 1 saturated carbocycles. The van der Waals surface area contributed by atoms with Gasteiger partial charge in [-0.25, -0.2) is 0 Å². The highest BCUT2D eigenvalue weighted by Crippen LogP contribution is 2.35. The fourth-order valence-corrected chi connectivity index (χ4v) is 3.84. The smallest absolute Gasteiger partial charge is 0.0223 e. The van der Waals surface area contributed by atoms with Gasteiger partial charge in [0.25, 0.3) is 0 Å². The van der Waals surface area contributed by atoms with Gasteiger partial charge in [-0.15, -0.1) is 0 Å². The molecule has 0 spiro atoms. The molecule has 3 nitrogen and oxygen atoms in total. The van der Waals surface area contributed by atoms with Crippen LogP contribution in [-0.4, -0.2) is 62.2 Å². The molecule has 2 saturated heterocycles. The Kier molecular flexibility index (Phi) is 4.16. The Morgan fingerprint density at radius 2 is 1.89 bits per heavy atom. The van der Waals surface area contributed by atoms with Gasteiger partial charge in [0.1, 0.15) is 0 Å². The molecular weight excluding hydrogens is 234 g/mol. The Morgan fingerprint density at radius 1 is 1.16 bits per heavy atom. The van der Waals surface area contributed by atoms with E-state index < -0.39 is 0 Å². The van der Waals surface area contributed by atoms with Crippen LogP contribution in [0.3, 0.4) is 0 Å². The van der Waals surface area contributed by atoms with Crippen molar-refractivity contribution in [2.75, 3.05) is 46.3 Å². The van der Waals surface area contributed by atoms with E-state index in [0.717, 1.165) is 12.0 Å². The molecule has 19 heavy (non-hydrogen) atoms. The minimum atomic E-state index is 0.560. The Bertz CT molecular complexity index is 292. The maximum absolute atomic E-state index is 3.78. The summed E-state index contributed by atoms with van der Waals surface area (Å²) in [6.45, 7) is 10.3. The van der Waals surface area contributed by atoms with Crippen LogP contribution in [0, 0.1) is 11.3 Å². The molecule has 0 radical (unpaired) electrons. The third kappa shape index (κ3) is 3.71. The molecule has 0 amide bonds. The molecule has 0 aromatic heterocycles. The SMILES string of the molecule is CN1CCC(C)(CN2CCCNC(C3CC3)C2)CC1. The van der Waals surface area contributed by atoms with Gasteiger partial charge < -0.3 is 15.1 Å². The van der Waals surface area contributed by atoms with Crippen molar-refractivity contribution in [3.8, 4) is 0 Å². The topological polar surface area (TPSA) is 18.5 Å². The van der Waals surface area contributed by atoms with Crippen LogP contribution >= 0.6 is 0 Å². The molecule has 1 unspecified atom stereocenters. The van der Waals surface area contributed by atoms with E-state index in [9.17, 15) is 0 Å². The quantitative estimate of drug-likeness (QED) is 0.839. The van der Waals surface area contributed by atoms with Gasteiger partial charge in [-0.1, -0.05) is 6.92 Å². The van der Waals surface area contributed by atoms with Gasteiger partial charge in [-0.3, -0.25) is 0 Å². The number of nitrogens with one attached hydrogen (secondary N) is 1. The van der Waals surface area contributed by atoms with Gasteiger partial charge >= 0.3 is 0 Å². The van der Waals surface area contributed by atoms with Gasteiger partial charge in [-0.2, -0.15) is 0 Å². The Labute approximate surface area is 118 Å². The number of nitrogens with zero attached hydrogens (tertiary/aromatic N) is 2. The third-order valence-corrected chi connectivity index (χ3v) is 5.50. The van der Waals surface area contributed by atoms with Crippen LogP contribution in [0.15, 0.2) is 0 Å². The molecule has 1 atom stereocenters. The van der Waals surface area contributed by atoms with Gasteiger partial charge in [0.05, 0.1) is 0 Å². The van der Waals surface area contributed by atoms with Crippen LogP contribution in [-0.2, 0) is 0 Å². The van der Waals surface area contributed by atoms with Crippen LogP contribution in [0.2, 0.25) is 0 Å². The molecule has 1 N–H and O–H groups in total. The summed E-state index contributed by atoms with van der Waals surface area (Å²) < 4.78 is 0. The standard InChI is InChI=1S/C16H31N3/c1-16(6-10-18(2)11-7-16)13-19-9-3-8-17-15(12-19)14-4-5-14/h14-15,17H,3-13H2,1-2H3. The molecular formula is C16H31N3.